The predicted octanol–water partition coefficient (Wildman–Crippen LogP) is 1.02. The number of nitrogens with zero attached hydrogens (tertiary/aromatic N) is 6. The van der Waals surface area contributed by atoms with Gasteiger partial charge in [0.1, 0.15) is 54.4 Å². The van der Waals surface area contributed by atoms with Gasteiger partial charge < -0.3 is 65.8 Å². The first-order valence-corrected chi connectivity index (χ1v) is 29.7. The molecule has 2 aromatic carbocycles. The van der Waals surface area contributed by atoms with Gasteiger partial charge in [0.15, 0.2) is 0 Å². The molecule has 4 rings (SSSR count). The first kappa shape index (κ1) is 71.0. The van der Waals surface area contributed by atoms with Crippen molar-refractivity contribution in [2.75, 3.05) is 61.5 Å². The maximum Gasteiger partial charge on any atom is 0.247 e. The van der Waals surface area contributed by atoms with E-state index in [9.17, 15) is 43.5 Å². The van der Waals surface area contributed by atoms with Crippen LogP contribution in [0.3, 0.4) is 0 Å². The molecule has 2 heterocycles. The number of likely N-dealkylation sites (N-methyl/N-ethyl adjacent to an activating group) is 5. The van der Waals surface area contributed by atoms with Gasteiger partial charge in [0.25, 0.3) is 0 Å². The van der Waals surface area contributed by atoms with Crippen molar-refractivity contribution < 1.29 is 62.6 Å². The zero-order valence-corrected chi connectivity index (χ0v) is 53.0. The lowest BCUT2D eigenvalue weighted by Gasteiger charge is -2.37. The minimum Gasteiger partial charge on any atom is -0.391 e. The summed E-state index contributed by atoms with van der Waals surface area (Å²) in [5, 5.41) is 24.1. The van der Waals surface area contributed by atoms with E-state index in [2.05, 4.69) is 26.6 Å². The first-order chi connectivity index (χ1) is 40.2. The number of rotatable bonds is 11. The average Bonchev–Trinajstić information content (AvgIpc) is 1.70. The topological polar surface area (TPSA) is 297 Å². The number of hydrogen-bond acceptors (Lipinski definition) is 13. The molecule has 86 heavy (non-hydrogen) atoms. The van der Waals surface area contributed by atoms with Gasteiger partial charge in [0.05, 0.1) is 31.3 Å². The van der Waals surface area contributed by atoms with Crippen molar-refractivity contribution in [3.05, 3.63) is 71.8 Å². The van der Waals surface area contributed by atoms with Gasteiger partial charge in [-0.1, -0.05) is 88.4 Å². The van der Waals surface area contributed by atoms with Crippen molar-refractivity contribution in [2.24, 2.45) is 11.8 Å². The summed E-state index contributed by atoms with van der Waals surface area (Å²) in [5.41, 5.74) is 0.465. The Balaban J connectivity index is 1.88. The van der Waals surface area contributed by atoms with E-state index in [1.807, 2.05) is 13.8 Å². The number of carbonyl (C=O) groups excluding carboxylic acids is 11. The van der Waals surface area contributed by atoms with Gasteiger partial charge in [0.2, 0.25) is 65.0 Å². The summed E-state index contributed by atoms with van der Waals surface area (Å²) < 4.78 is 6.11. The fourth-order valence-corrected chi connectivity index (χ4v) is 10.3. The number of likely N-dealkylation sites (tertiary alicyclic amines) is 1. The molecule has 2 aliphatic rings. The van der Waals surface area contributed by atoms with Gasteiger partial charge in [-0.25, -0.2) is 0 Å². The lowest BCUT2D eigenvalue weighted by molar-refractivity contribution is -0.151. The third kappa shape index (κ3) is 20.1. The average molecular weight is 1200 g/mol. The minimum absolute atomic E-state index is 0.0488. The minimum atomic E-state index is -1.65. The molecule has 0 radical (unpaired) electrons. The quantitative estimate of drug-likeness (QED) is 0.184. The summed E-state index contributed by atoms with van der Waals surface area (Å²) in [6, 6.07) is 5.34. The Morgan fingerprint density at radius 3 is 1.64 bits per heavy atom. The van der Waals surface area contributed by atoms with Gasteiger partial charge in [-0.2, -0.15) is 0 Å². The molecule has 10 atom stereocenters. The molecular formula is C62H95N11O13. The van der Waals surface area contributed by atoms with Gasteiger partial charge in [0, 0.05) is 61.2 Å². The maximum atomic E-state index is 15.1. The number of aliphatic hydroxyl groups excluding tert-OH is 1. The van der Waals surface area contributed by atoms with Crippen molar-refractivity contribution in [3.63, 3.8) is 0 Å². The third-order valence-electron chi connectivity index (χ3n) is 15.9. The Hall–Kier alpha value is -7.47. The molecule has 0 bridgehead atoms. The SMILES string of the molecule is CC(C)C[C@H]1C(=O)N[C@@H](COC(C)(C)C)C(=O)N(C)[C@@H](Cc2ccccc2)C(=O)N(C)[C@@H](C)C(=O)N[C@@H](Cc2ccccc2)C(=O)N(C)[C@@H](C(C)C)C(=O)NC(C(=O)N2CCCCC2)CC(=O)N(C)C(C)C(=O)N[C@@H]([C@@H](C)O)C(=O)NCC(=O)N1C. The Morgan fingerprint density at radius 2 is 1.10 bits per heavy atom. The van der Waals surface area contributed by atoms with E-state index in [1.165, 1.54) is 65.8 Å². The Labute approximate surface area is 507 Å². The molecule has 2 aliphatic heterocycles. The van der Waals surface area contributed by atoms with Crippen LogP contribution in [0.25, 0.3) is 0 Å². The molecule has 2 unspecified atom stereocenters. The van der Waals surface area contributed by atoms with E-state index >= 15 is 14.4 Å². The van der Waals surface area contributed by atoms with Gasteiger partial charge in [-0.05, 0) is 90.2 Å². The number of piperidine rings is 1. The molecule has 476 valence electrons. The highest BCUT2D eigenvalue weighted by molar-refractivity contribution is 5.99. The van der Waals surface area contributed by atoms with E-state index in [1.54, 1.807) is 100 Å². The first-order valence-electron chi connectivity index (χ1n) is 29.7. The molecule has 2 saturated heterocycles. The fraction of sp³-hybridized carbons (Fsp3) is 0.629. The molecule has 0 aromatic heterocycles. The number of aliphatic hydroxyl groups is 1. The summed E-state index contributed by atoms with van der Waals surface area (Å²) in [5.74, 6) is -9.18. The molecular weight excluding hydrogens is 1110 g/mol. The highest BCUT2D eigenvalue weighted by Crippen LogP contribution is 2.21. The number of benzene rings is 2. The molecule has 6 N–H and O–H groups in total. The summed E-state index contributed by atoms with van der Waals surface area (Å²) in [6.45, 7) is 16.0. The van der Waals surface area contributed by atoms with E-state index < -0.39 is 150 Å². The van der Waals surface area contributed by atoms with Crippen LogP contribution >= 0.6 is 0 Å². The number of hydrogen-bond donors (Lipinski definition) is 6. The lowest BCUT2D eigenvalue weighted by Crippen LogP contribution is -2.62. The van der Waals surface area contributed by atoms with Crippen LogP contribution in [0.2, 0.25) is 0 Å². The Kier molecular flexibility index (Phi) is 26.7. The second-order valence-corrected chi connectivity index (χ2v) is 24.6. The van der Waals surface area contributed by atoms with Crippen LogP contribution in [-0.2, 0) is 70.3 Å². The smallest absolute Gasteiger partial charge is 0.247 e. The van der Waals surface area contributed by atoms with Crippen LogP contribution in [-0.4, -0.2) is 227 Å². The largest absolute Gasteiger partial charge is 0.391 e. The standard InChI is InChI=1S/C62H95N11O13/c1-37(2)31-47-55(79)66-46(36-86-62(8,9)10)59(83)71(14)48(33-43-27-21-17-22-28-43)61(85)69(12)40(6)53(77)64-44(32-42-25-19-16-20-26-42)58(82)72(15)52(38(3)4)57(81)65-45(60(84)73-29-23-18-24-30-73)34-49(75)68(11)39(5)54(78)67-51(41(7)74)56(80)63-35-50(76)70(47)13/h16-17,19-22,25-28,37-41,44-48,51-52,74H,18,23-24,29-36H2,1-15H3,(H,63,80)(H,64,77)(H,65,81)(H,66,79)(H,67,78)/t39?,40-,41+,44-,45?,46-,47-,48-,51-,52-/m0/s1. The van der Waals surface area contributed by atoms with E-state index in [0.29, 0.717) is 37.1 Å². The van der Waals surface area contributed by atoms with Crippen LogP contribution in [0.5, 0.6) is 0 Å². The zero-order valence-electron chi connectivity index (χ0n) is 53.0. The van der Waals surface area contributed by atoms with Crippen LogP contribution in [0.15, 0.2) is 60.7 Å². The van der Waals surface area contributed by atoms with Gasteiger partial charge in [-0.3, -0.25) is 52.7 Å². The van der Waals surface area contributed by atoms with Crippen molar-refractivity contribution in [2.45, 2.75) is 180 Å². The van der Waals surface area contributed by atoms with Crippen LogP contribution < -0.4 is 26.6 Å². The second-order valence-electron chi connectivity index (χ2n) is 24.6. The Morgan fingerprint density at radius 1 is 0.581 bits per heavy atom. The van der Waals surface area contributed by atoms with Crippen molar-refractivity contribution >= 4 is 65.0 Å². The molecule has 0 aliphatic carbocycles. The monoisotopic (exact) mass is 1200 g/mol. The molecule has 11 amide bonds. The number of ether oxygens (including phenoxy) is 1. The Bertz CT molecular complexity index is 2680. The molecule has 24 heteroatoms. The van der Waals surface area contributed by atoms with Crippen molar-refractivity contribution in [1.29, 1.82) is 0 Å². The number of amides is 11. The predicted molar refractivity (Wildman–Crippen MR) is 322 cm³/mol. The summed E-state index contributed by atoms with van der Waals surface area (Å²) >= 11 is 0. The second kappa shape index (κ2) is 32.3. The number of carbonyl (C=O) groups is 11. The summed E-state index contributed by atoms with van der Waals surface area (Å²) in [7, 11) is 6.83. The summed E-state index contributed by atoms with van der Waals surface area (Å²) in [4.78, 5) is 167. The van der Waals surface area contributed by atoms with Crippen molar-refractivity contribution in [1.82, 2.24) is 56.0 Å². The van der Waals surface area contributed by atoms with E-state index in [0.717, 1.165) is 21.1 Å². The van der Waals surface area contributed by atoms with Crippen molar-refractivity contribution in [3.8, 4) is 0 Å². The molecule has 2 aromatic rings. The molecule has 24 nitrogen and oxygen atoms in total. The maximum absolute atomic E-state index is 15.1. The fourth-order valence-electron chi connectivity index (χ4n) is 10.3. The number of nitrogens with one attached hydrogen (secondary N) is 5. The summed E-state index contributed by atoms with van der Waals surface area (Å²) in [6.07, 6.45) is 0.0447. The van der Waals surface area contributed by atoms with Crippen LogP contribution in [0, 0.1) is 11.8 Å². The zero-order chi connectivity index (χ0) is 64.5. The molecule has 0 spiro atoms. The third-order valence-corrected chi connectivity index (χ3v) is 15.9. The highest BCUT2D eigenvalue weighted by Gasteiger charge is 2.42. The van der Waals surface area contributed by atoms with Gasteiger partial charge in [-0.15, -0.1) is 0 Å². The normalized spacial score (nSPS) is 25.8. The van der Waals surface area contributed by atoms with Crippen LogP contribution in [0.4, 0.5) is 0 Å². The van der Waals surface area contributed by atoms with E-state index in [-0.39, 0.29) is 31.8 Å². The lowest BCUT2D eigenvalue weighted by atomic mass is 9.98. The van der Waals surface area contributed by atoms with Gasteiger partial charge >= 0.3 is 0 Å². The van der Waals surface area contributed by atoms with E-state index in [4.69, 9.17) is 4.74 Å². The van der Waals surface area contributed by atoms with Crippen LogP contribution in [0.1, 0.15) is 112 Å². The highest BCUT2D eigenvalue weighted by atomic mass is 16.5. The molecule has 0 saturated carbocycles. The molecule has 2 fully saturated rings.